The monoisotopic (exact) mass is 198 g/mol. The van der Waals surface area contributed by atoms with Gasteiger partial charge < -0.3 is 4.90 Å². The SMILES string of the molecule is CC(C)C1CN([C@@H](C)C(=O)N(C)C)C1. The van der Waals surface area contributed by atoms with Crippen LogP contribution < -0.4 is 0 Å². The summed E-state index contributed by atoms with van der Waals surface area (Å²) in [5, 5.41) is 0. The topological polar surface area (TPSA) is 23.6 Å². The van der Waals surface area contributed by atoms with E-state index in [1.165, 1.54) is 0 Å². The highest BCUT2D eigenvalue weighted by atomic mass is 16.2. The Kier molecular flexibility index (Phi) is 3.53. The van der Waals surface area contributed by atoms with Crippen LogP contribution in [0.2, 0.25) is 0 Å². The predicted molar refractivity (Wildman–Crippen MR) is 58.1 cm³/mol. The Labute approximate surface area is 87.1 Å². The summed E-state index contributed by atoms with van der Waals surface area (Å²) in [7, 11) is 3.64. The van der Waals surface area contributed by atoms with Crippen molar-refractivity contribution >= 4 is 5.91 Å². The fourth-order valence-corrected chi connectivity index (χ4v) is 1.82. The minimum Gasteiger partial charge on any atom is -0.347 e. The second-order valence-corrected chi connectivity index (χ2v) is 4.87. The lowest BCUT2D eigenvalue weighted by Gasteiger charge is -2.45. The summed E-state index contributed by atoms with van der Waals surface area (Å²) in [6.07, 6.45) is 0. The van der Waals surface area contributed by atoms with E-state index in [1.807, 2.05) is 21.0 Å². The molecule has 82 valence electrons. The van der Waals surface area contributed by atoms with E-state index in [4.69, 9.17) is 0 Å². The van der Waals surface area contributed by atoms with E-state index in [9.17, 15) is 4.79 Å². The maximum absolute atomic E-state index is 11.6. The molecule has 0 unspecified atom stereocenters. The molecule has 0 bridgehead atoms. The van der Waals surface area contributed by atoms with E-state index in [0.717, 1.165) is 24.9 Å². The van der Waals surface area contributed by atoms with Crippen molar-refractivity contribution in [3.8, 4) is 0 Å². The fourth-order valence-electron chi connectivity index (χ4n) is 1.82. The van der Waals surface area contributed by atoms with Gasteiger partial charge in [-0.15, -0.1) is 0 Å². The van der Waals surface area contributed by atoms with Crippen LogP contribution in [0.3, 0.4) is 0 Å². The van der Waals surface area contributed by atoms with Crippen LogP contribution in [0.1, 0.15) is 20.8 Å². The van der Waals surface area contributed by atoms with Gasteiger partial charge in [0.1, 0.15) is 0 Å². The van der Waals surface area contributed by atoms with Gasteiger partial charge in [-0.3, -0.25) is 9.69 Å². The molecule has 0 saturated carbocycles. The van der Waals surface area contributed by atoms with Crippen LogP contribution in [-0.4, -0.2) is 48.9 Å². The number of amides is 1. The molecule has 0 aromatic heterocycles. The molecular weight excluding hydrogens is 176 g/mol. The Bertz CT molecular complexity index is 207. The maximum atomic E-state index is 11.6. The molecule has 1 aliphatic heterocycles. The number of hydrogen-bond acceptors (Lipinski definition) is 2. The zero-order chi connectivity index (χ0) is 10.9. The highest BCUT2D eigenvalue weighted by Gasteiger charge is 2.35. The van der Waals surface area contributed by atoms with Crippen molar-refractivity contribution < 1.29 is 4.79 Å². The van der Waals surface area contributed by atoms with Crippen molar-refractivity contribution in [2.24, 2.45) is 11.8 Å². The molecule has 1 amide bonds. The molecular formula is C11H22N2O. The summed E-state index contributed by atoms with van der Waals surface area (Å²) < 4.78 is 0. The Hall–Kier alpha value is -0.570. The smallest absolute Gasteiger partial charge is 0.239 e. The number of likely N-dealkylation sites (N-methyl/N-ethyl adjacent to an activating group) is 1. The average molecular weight is 198 g/mol. The first kappa shape index (κ1) is 11.5. The van der Waals surface area contributed by atoms with Gasteiger partial charge in [0.2, 0.25) is 5.91 Å². The summed E-state index contributed by atoms with van der Waals surface area (Å²) in [4.78, 5) is 15.6. The normalized spacial score (nSPS) is 20.7. The van der Waals surface area contributed by atoms with E-state index < -0.39 is 0 Å². The molecule has 0 radical (unpaired) electrons. The van der Waals surface area contributed by atoms with Crippen LogP contribution in [0.15, 0.2) is 0 Å². The van der Waals surface area contributed by atoms with Crippen LogP contribution in [-0.2, 0) is 4.79 Å². The zero-order valence-electron chi connectivity index (χ0n) is 9.95. The summed E-state index contributed by atoms with van der Waals surface area (Å²) in [6.45, 7) is 8.66. The molecule has 1 aliphatic rings. The number of carbonyl (C=O) groups excluding carboxylic acids is 1. The van der Waals surface area contributed by atoms with Gasteiger partial charge in [-0.2, -0.15) is 0 Å². The minimum atomic E-state index is 0.0556. The molecule has 0 spiro atoms. The second kappa shape index (κ2) is 4.30. The van der Waals surface area contributed by atoms with Crippen LogP contribution in [0.4, 0.5) is 0 Å². The molecule has 1 atom stereocenters. The van der Waals surface area contributed by atoms with Gasteiger partial charge in [-0.25, -0.2) is 0 Å². The summed E-state index contributed by atoms with van der Waals surface area (Å²) >= 11 is 0. The lowest BCUT2D eigenvalue weighted by Crippen LogP contribution is -2.57. The van der Waals surface area contributed by atoms with Gasteiger partial charge in [0, 0.05) is 27.2 Å². The van der Waals surface area contributed by atoms with Gasteiger partial charge in [0.05, 0.1) is 6.04 Å². The van der Waals surface area contributed by atoms with Crippen molar-refractivity contribution in [3.05, 3.63) is 0 Å². The first-order chi connectivity index (χ1) is 6.43. The number of carbonyl (C=O) groups is 1. The Morgan fingerprint density at radius 2 is 1.79 bits per heavy atom. The van der Waals surface area contributed by atoms with Crippen molar-refractivity contribution in [2.75, 3.05) is 27.2 Å². The van der Waals surface area contributed by atoms with E-state index in [2.05, 4.69) is 18.7 Å². The maximum Gasteiger partial charge on any atom is 0.239 e. The average Bonchev–Trinajstić information content (AvgIpc) is 1.98. The van der Waals surface area contributed by atoms with Gasteiger partial charge in [0.15, 0.2) is 0 Å². The molecule has 0 aliphatic carbocycles. The van der Waals surface area contributed by atoms with Crippen LogP contribution in [0.25, 0.3) is 0 Å². The lowest BCUT2D eigenvalue weighted by atomic mass is 9.87. The van der Waals surface area contributed by atoms with Gasteiger partial charge in [-0.05, 0) is 18.8 Å². The molecule has 1 saturated heterocycles. The zero-order valence-corrected chi connectivity index (χ0v) is 9.95. The second-order valence-electron chi connectivity index (χ2n) is 4.87. The minimum absolute atomic E-state index is 0.0556. The van der Waals surface area contributed by atoms with E-state index in [1.54, 1.807) is 4.90 Å². The Balaban J connectivity index is 2.36. The highest BCUT2D eigenvalue weighted by Crippen LogP contribution is 2.25. The number of nitrogens with zero attached hydrogens (tertiary/aromatic N) is 2. The number of likely N-dealkylation sites (tertiary alicyclic amines) is 1. The fraction of sp³-hybridized carbons (Fsp3) is 0.909. The van der Waals surface area contributed by atoms with Crippen LogP contribution >= 0.6 is 0 Å². The molecule has 3 heteroatoms. The molecule has 0 aromatic carbocycles. The first-order valence-corrected chi connectivity index (χ1v) is 5.38. The third-order valence-corrected chi connectivity index (χ3v) is 3.23. The van der Waals surface area contributed by atoms with Crippen molar-refractivity contribution in [1.82, 2.24) is 9.80 Å². The van der Waals surface area contributed by atoms with E-state index in [0.29, 0.717) is 0 Å². The molecule has 0 aromatic rings. The van der Waals surface area contributed by atoms with Crippen LogP contribution in [0, 0.1) is 11.8 Å². The van der Waals surface area contributed by atoms with Gasteiger partial charge >= 0.3 is 0 Å². The summed E-state index contributed by atoms with van der Waals surface area (Å²) in [5.74, 6) is 1.74. The van der Waals surface area contributed by atoms with Crippen molar-refractivity contribution in [2.45, 2.75) is 26.8 Å². The third-order valence-electron chi connectivity index (χ3n) is 3.23. The predicted octanol–water partition coefficient (Wildman–Crippen LogP) is 1.05. The molecule has 14 heavy (non-hydrogen) atoms. The number of rotatable bonds is 3. The van der Waals surface area contributed by atoms with Crippen molar-refractivity contribution in [3.63, 3.8) is 0 Å². The highest BCUT2D eigenvalue weighted by molar-refractivity contribution is 5.81. The Morgan fingerprint density at radius 3 is 2.14 bits per heavy atom. The molecule has 1 heterocycles. The van der Waals surface area contributed by atoms with E-state index >= 15 is 0 Å². The Morgan fingerprint density at radius 1 is 1.29 bits per heavy atom. The van der Waals surface area contributed by atoms with E-state index in [-0.39, 0.29) is 11.9 Å². The van der Waals surface area contributed by atoms with Crippen LogP contribution in [0.5, 0.6) is 0 Å². The summed E-state index contributed by atoms with van der Waals surface area (Å²) in [6, 6.07) is 0.0556. The van der Waals surface area contributed by atoms with Crippen molar-refractivity contribution in [1.29, 1.82) is 0 Å². The third kappa shape index (κ3) is 2.27. The standard InChI is InChI=1S/C11H22N2O/c1-8(2)10-6-13(7-10)9(3)11(14)12(4)5/h8-10H,6-7H2,1-5H3/t9-/m0/s1. The lowest BCUT2D eigenvalue weighted by molar-refractivity contribution is -0.137. The number of hydrogen-bond donors (Lipinski definition) is 0. The molecule has 1 rings (SSSR count). The van der Waals surface area contributed by atoms with Gasteiger partial charge in [0.25, 0.3) is 0 Å². The largest absolute Gasteiger partial charge is 0.347 e. The first-order valence-electron chi connectivity index (χ1n) is 5.38. The summed E-state index contributed by atoms with van der Waals surface area (Å²) in [5.41, 5.74) is 0. The quantitative estimate of drug-likeness (QED) is 0.677. The van der Waals surface area contributed by atoms with Gasteiger partial charge in [-0.1, -0.05) is 13.8 Å². The molecule has 0 N–H and O–H groups in total. The molecule has 1 fully saturated rings. The molecule has 3 nitrogen and oxygen atoms in total.